The second-order valence-corrected chi connectivity index (χ2v) is 7.36. The molecule has 140 valence electrons. The van der Waals surface area contributed by atoms with E-state index in [-0.39, 0.29) is 0 Å². The van der Waals surface area contributed by atoms with Crippen LogP contribution in [0, 0.1) is 11.8 Å². The molecule has 1 saturated heterocycles. The van der Waals surface area contributed by atoms with Crippen LogP contribution in [-0.2, 0) is 34.8 Å². The molecule has 0 saturated carbocycles. The van der Waals surface area contributed by atoms with Crippen LogP contribution >= 0.6 is 0 Å². The van der Waals surface area contributed by atoms with Crippen molar-refractivity contribution in [2.45, 2.75) is 17.9 Å². The van der Waals surface area contributed by atoms with Gasteiger partial charge in [0.1, 0.15) is 11.5 Å². The van der Waals surface area contributed by atoms with Gasteiger partial charge < -0.3 is 14.2 Å². The van der Waals surface area contributed by atoms with E-state index >= 15 is 0 Å². The Morgan fingerprint density at radius 3 is 2.07 bits per heavy atom. The van der Waals surface area contributed by atoms with Crippen molar-refractivity contribution in [3.63, 3.8) is 0 Å². The molecule has 3 aliphatic rings. The third-order valence-corrected chi connectivity index (χ3v) is 6.11. The summed E-state index contributed by atoms with van der Waals surface area (Å²) < 4.78 is 16.7. The van der Waals surface area contributed by atoms with Crippen molar-refractivity contribution in [1.82, 2.24) is 0 Å². The number of hydrogen-bond donors (Lipinski definition) is 0. The van der Waals surface area contributed by atoms with E-state index < -0.39 is 34.8 Å². The Bertz CT molecular complexity index is 893. The molecule has 0 amide bonds. The van der Waals surface area contributed by atoms with Gasteiger partial charge in [0.25, 0.3) is 0 Å². The predicted molar refractivity (Wildman–Crippen MR) is 98.0 cm³/mol. The molecule has 2 bridgehead atoms. The summed E-state index contributed by atoms with van der Waals surface area (Å²) in [6, 6.07) is 17.4. The van der Waals surface area contributed by atoms with Gasteiger partial charge >= 0.3 is 11.9 Å². The molecule has 4 atom stereocenters. The Morgan fingerprint density at radius 2 is 1.44 bits per heavy atom. The summed E-state index contributed by atoms with van der Waals surface area (Å²) in [5, 5.41) is 0. The molecule has 0 radical (unpaired) electrons. The number of methoxy groups -OCH3 is 2. The summed E-state index contributed by atoms with van der Waals surface area (Å²) in [5.41, 5.74) is 0.959. The fourth-order valence-electron chi connectivity index (χ4n) is 4.90. The van der Waals surface area contributed by atoms with Gasteiger partial charge in [-0.25, -0.2) is 0 Å². The van der Waals surface area contributed by atoms with Crippen LogP contribution < -0.4 is 0 Å². The molecule has 0 spiro atoms. The van der Waals surface area contributed by atoms with Gasteiger partial charge in [-0.3, -0.25) is 9.59 Å². The molecule has 1 aliphatic carbocycles. The maximum atomic E-state index is 13.0. The number of ether oxygens (including phenoxy) is 3. The first-order chi connectivity index (χ1) is 13.0. The van der Waals surface area contributed by atoms with Crippen molar-refractivity contribution < 1.29 is 23.8 Å². The van der Waals surface area contributed by atoms with E-state index in [1.807, 2.05) is 61.5 Å². The van der Waals surface area contributed by atoms with Gasteiger partial charge in [0.2, 0.25) is 0 Å². The fraction of sp³-hybridized carbons (Fsp3) is 0.364. The quantitative estimate of drug-likeness (QED) is 0.782. The molecule has 27 heavy (non-hydrogen) atoms. The van der Waals surface area contributed by atoms with Crippen molar-refractivity contribution in [2.75, 3.05) is 20.8 Å². The van der Waals surface area contributed by atoms with E-state index in [4.69, 9.17) is 14.2 Å². The SMILES string of the molecule is COC(=O)[C@H]1[C@H](C(=O)OC)[C@@]2(C)COC1(c1ccccc1)c1ccccc12. The number of carbonyl (C=O) groups excluding carboxylic acids is 2. The van der Waals surface area contributed by atoms with Gasteiger partial charge in [0.05, 0.1) is 26.7 Å². The van der Waals surface area contributed by atoms with Crippen LogP contribution in [0.1, 0.15) is 23.6 Å². The summed E-state index contributed by atoms with van der Waals surface area (Å²) >= 11 is 0. The lowest BCUT2D eigenvalue weighted by Gasteiger charge is -2.59. The standard InChI is InChI=1S/C22H22O5/c1-21-13-27-22(14-9-5-4-6-10-14,16-12-8-7-11-15(16)21)18(20(24)26-3)17(21)19(23)25-2/h4-12,17-18H,13H2,1-3H3/t17-,18-,21+,22?/m1/s1. The van der Waals surface area contributed by atoms with Crippen LogP contribution in [-0.4, -0.2) is 32.8 Å². The Morgan fingerprint density at radius 1 is 0.889 bits per heavy atom. The van der Waals surface area contributed by atoms with E-state index in [0.717, 1.165) is 16.7 Å². The average molecular weight is 366 g/mol. The molecule has 5 rings (SSSR count). The minimum absolute atomic E-state index is 0.312. The van der Waals surface area contributed by atoms with Crippen molar-refractivity contribution in [3.8, 4) is 0 Å². The number of fused-ring (bicyclic) bond motifs is 2. The second-order valence-electron chi connectivity index (χ2n) is 7.36. The summed E-state index contributed by atoms with van der Waals surface area (Å²) in [5.74, 6) is -2.45. The molecule has 2 aromatic rings. The first-order valence-electron chi connectivity index (χ1n) is 8.96. The summed E-state index contributed by atoms with van der Waals surface area (Å²) in [6.45, 7) is 2.27. The molecular formula is C22H22O5. The summed E-state index contributed by atoms with van der Waals surface area (Å²) in [7, 11) is 2.69. The van der Waals surface area contributed by atoms with E-state index in [2.05, 4.69) is 0 Å². The third-order valence-electron chi connectivity index (χ3n) is 6.11. The van der Waals surface area contributed by atoms with E-state index in [9.17, 15) is 9.59 Å². The highest BCUT2D eigenvalue weighted by atomic mass is 16.5. The Balaban J connectivity index is 2.09. The largest absolute Gasteiger partial charge is 0.469 e. The lowest BCUT2D eigenvalue weighted by atomic mass is 9.51. The molecule has 0 N–H and O–H groups in total. The predicted octanol–water partition coefficient (Wildman–Crippen LogP) is 2.81. The van der Waals surface area contributed by atoms with Crippen molar-refractivity contribution in [1.29, 1.82) is 0 Å². The zero-order chi connectivity index (χ0) is 19.2. The number of esters is 2. The number of benzene rings is 2. The van der Waals surface area contributed by atoms with E-state index in [0.29, 0.717) is 6.61 Å². The minimum Gasteiger partial charge on any atom is -0.469 e. The maximum Gasteiger partial charge on any atom is 0.313 e. The normalized spacial score (nSPS) is 31.1. The Kier molecular flexibility index (Phi) is 4.07. The van der Waals surface area contributed by atoms with Crippen LogP contribution in [0.3, 0.4) is 0 Å². The number of rotatable bonds is 3. The minimum atomic E-state index is -1.10. The molecule has 2 aromatic carbocycles. The van der Waals surface area contributed by atoms with Crippen molar-refractivity contribution >= 4 is 11.9 Å². The van der Waals surface area contributed by atoms with Gasteiger partial charge in [-0.2, -0.15) is 0 Å². The molecule has 0 aromatic heterocycles. The third kappa shape index (κ3) is 2.21. The van der Waals surface area contributed by atoms with Crippen LogP contribution in [0.2, 0.25) is 0 Å². The van der Waals surface area contributed by atoms with Gasteiger partial charge in [-0.15, -0.1) is 0 Å². The first-order valence-corrected chi connectivity index (χ1v) is 8.96. The van der Waals surface area contributed by atoms with Crippen LogP contribution in [0.5, 0.6) is 0 Å². The number of carbonyl (C=O) groups is 2. The van der Waals surface area contributed by atoms with Gasteiger partial charge in [0.15, 0.2) is 0 Å². The zero-order valence-corrected chi connectivity index (χ0v) is 15.6. The summed E-state index contributed by atoms with van der Waals surface area (Å²) in [6.07, 6.45) is 0. The Hall–Kier alpha value is -2.66. The fourth-order valence-corrected chi connectivity index (χ4v) is 4.90. The van der Waals surface area contributed by atoms with E-state index in [1.165, 1.54) is 14.2 Å². The van der Waals surface area contributed by atoms with E-state index in [1.54, 1.807) is 0 Å². The smallest absolute Gasteiger partial charge is 0.313 e. The highest BCUT2D eigenvalue weighted by Crippen LogP contribution is 2.61. The second kappa shape index (κ2) is 6.20. The highest BCUT2D eigenvalue weighted by molar-refractivity contribution is 5.87. The number of hydrogen-bond acceptors (Lipinski definition) is 5. The Labute approximate surface area is 158 Å². The molecular weight excluding hydrogens is 344 g/mol. The monoisotopic (exact) mass is 366 g/mol. The van der Waals surface area contributed by atoms with Gasteiger partial charge in [-0.1, -0.05) is 61.5 Å². The first kappa shape index (κ1) is 17.7. The van der Waals surface area contributed by atoms with Gasteiger partial charge in [-0.05, 0) is 16.7 Å². The molecule has 1 fully saturated rings. The van der Waals surface area contributed by atoms with Crippen LogP contribution in [0.4, 0.5) is 0 Å². The lowest BCUT2D eigenvalue weighted by molar-refractivity contribution is -0.208. The lowest BCUT2D eigenvalue weighted by Crippen LogP contribution is -2.66. The molecule has 5 heteroatoms. The van der Waals surface area contributed by atoms with Gasteiger partial charge in [0, 0.05) is 5.41 Å². The van der Waals surface area contributed by atoms with Crippen molar-refractivity contribution in [2.24, 2.45) is 11.8 Å². The maximum absolute atomic E-state index is 13.0. The van der Waals surface area contributed by atoms with Crippen LogP contribution in [0.15, 0.2) is 54.6 Å². The van der Waals surface area contributed by atoms with Crippen molar-refractivity contribution in [3.05, 3.63) is 71.3 Å². The molecule has 2 aliphatic heterocycles. The molecule has 2 heterocycles. The summed E-state index contributed by atoms with van der Waals surface area (Å²) in [4.78, 5) is 25.9. The molecule has 5 nitrogen and oxygen atoms in total. The molecule has 1 unspecified atom stereocenters. The highest BCUT2D eigenvalue weighted by Gasteiger charge is 2.68. The topological polar surface area (TPSA) is 61.8 Å². The van der Waals surface area contributed by atoms with Crippen LogP contribution in [0.25, 0.3) is 0 Å². The average Bonchev–Trinajstić information content (AvgIpc) is 2.73. The zero-order valence-electron chi connectivity index (χ0n) is 15.6.